The van der Waals surface area contributed by atoms with Crippen molar-refractivity contribution in [2.24, 2.45) is 5.92 Å². The fourth-order valence-electron chi connectivity index (χ4n) is 6.35. The topological polar surface area (TPSA) is 86.5 Å². The van der Waals surface area contributed by atoms with Crippen LogP contribution in [0.2, 0.25) is 5.02 Å². The summed E-state index contributed by atoms with van der Waals surface area (Å²) in [5, 5.41) is 9.85. The number of hydrogen-bond donors (Lipinski definition) is 1. The fourth-order valence-corrected chi connectivity index (χ4v) is 6.50. The molecular formula is C33H25ClF3N3O4. The van der Waals surface area contributed by atoms with Crippen molar-refractivity contribution in [2.75, 3.05) is 13.2 Å². The normalized spacial score (nSPS) is 19.1. The van der Waals surface area contributed by atoms with Crippen molar-refractivity contribution in [2.45, 2.75) is 31.4 Å². The third-order valence-corrected chi connectivity index (χ3v) is 8.62. The van der Waals surface area contributed by atoms with Gasteiger partial charge in [-0.3, -0.25) is 0 Å². The molecule has 5 aromatic rings. The zero-order chi connectivity index (χ0) is 30.6. The first-order valence-corrected chi connectivity index (χ1v) is 14.4. The first-order valence-electron chi connectivity index (χ1n) is 14.0. The molecule has 7 nitrogen and oxygen atoms in total. The number of nitrogens with zero attached hydrogens (tertiary/aromatic N) is 3. The zero-order valence-electron chi connectivity index (χ0n) is 23.2. The molecule has 0 spiro atoms. The van der Waals surface area contributed by atoms with Crippen molar-refractivity contribution in [3.63, 3.8) is 0 Å². The second-order valence-corrected chi connectivity index (χ2v) is 11.8. The Labute approximate surface area is 254 Å². The van der Waals surface area contributed by atoms with Crippen molar-refractivity contribution >= 4 is 28.6 Å². The number of aromatic carboxylic acids is 1. The maximum absolute atomic E-state index is 15.6. The number of benzene rings is 3. The Bertz CT molecular complexity index is 1930. The molecular weight excluding hydrogens is 595 g/mol. The van der Waals surface area contributed by atoms with E-state index < -0.39 is 29.0 Å². The molecule has 0 unspecified atom stereocenters. The van der Waals surface area contributed by atoms with Gasteiger partial charge in [0.2, 0.25) is 5.88 Å². The van der Waals surface area contributed by atoms with Gasteiger partial charge in [-0.15, -0.1) is 0 Å². The summed E-state index contributed by atoms with van der Waals surface area (Å²) in [7, 11) is 0. The highest BCUT2D eigenvalue weighted by molar-refractivity contribution is 6.30. The van der Waals surface area contributed by atoms with Crippen molar-refractivity contribution < 1.29 is 32.5 Å². The second kappa shape index (κ2) is 10.9. The van der Waals surface area contributed by atoms with Gasteiger partial charge in [0.25, 0.3) is 0 Å². The van der Waals surface area contributed by atoms with E-state index in [1.54, 1.807) is 30.3 Å². The number of hydrogen-bond acceptors (Lipinski definition) is 5. The molecule has 11 heteroatoms. The lowest BCUT2D eigenvalue weighted by molar-refractivity contribution is -0.119. The molecule has 3 aliphatic rings. The third-order valence-electron chi connectivity index (χ3n) is 8.38. The van der Waals surface area contributed by atoms with Crippen LogP contribution in [0.15, 0.2) is 66.7 Å². The molecule has 1 N–H and O–H groups in total. The Kier molecular flexibility index (Phi) is 7.05. The summed E-state index contributed by atoms with van der Waals surface area (Å²) in [5.74, 6) is -1.92. The van der Waals surface area contributed by atoms with Crippen LogP contribution in [-0.4, -0.2) is 38.8 Å². The van der Waals surface area contributed by atoms with E-state index in [0.717, 1.165) is 25.0 Å². The first kappa shape index (κ1) is 28.4. The number of carbonyl (C=O) groups is 1. The number of pyridine rings is 1. The lowest BCUT2D eigenvalue weighted by atomic mass is 9.66. The van der Waals surface area contributed by atoms with E-state index in [-0.39, 0.29) is 51.9 Å². The van der Waals surface area contributed by atoms with E-state index in [2.05, 4.69) is 4.98 Å². The van der Waals surface area contributed by atoms with Gasteiger partial charge in [0.05, 0.1) is 34.4 Å². The molecule has 1 aliphatic carbocycles. The molecule has 0 radical (unpaired) electrons. The number of imidazole rings is 1. The van der Waals surface area contributed by atoms with Gasteiger partial charge in [0, 0.05) is 35.2 Å². The molecule has 1 saturated carbocycles. The molecule has 2 saturated heterocycles. The van der Waals surface area contributed by atoms with E-state index in [1.807, 2.05) is 4.57 Å². The van der Waals surface area contributed by atoms with Crippen molar-refractivity contribution in [3.05, 3.63) is 112 Å². The van der Waals surface area contributed by atoms with Crippen molar-refractivity contribution in [3.8, 4) is 17.1 Å². The average Bonchev–Trinajstić information content (AvgIpc) is 3.36. The second-order valence-electron chi connectivity index (χ2n) is 11.4. The molecule has 2 aliphatic heterocycles. The van der Waals surface area contributed by atoms with Crippen LogP contribution in [0, 0.1) is 23.4 Å². The largest absolute Gasteiger partial charge is 0.478 e. The molecule has 3 aromatic carbocycles. The SMILES string of the molecule is O=C(O)c1ccc2nc(Cc3cc(F)c(-c4cccc(OCc5ccc(Cl)cc5F)n4)cc3F)n(C34COCC(C3)C4)c2c1. The number of aromatic nitrogens is 3. The van der Waals surface area contributed by atoms with Gasteiger partial charge in [0.1, 0.15) is 29.9 Å². The Morgan fingerprint density at radius 1 is 1.00 bits per heavy atom. The predicted octanol–water partition coefficient (Wildman–Crippen LogP) is 7.17. The monoisotopic (exact) mass is 619 g/mol. The lowest BCUT2D eigenvalue weighted by Gasteiger charge is -2.53. The summed E-state index contributed by atoms with van der Waals surface area (Å²) in [6, 6.07) is 15.8. The third kappa shape index (κ3) is 5.07. The first-order chi connectivity index (χ1) is 21.2. The minimum absolute atomic E-state index is 0.0181. The lowest BCUT2D eigenvalue weighted by Crippen LogP contribution is -2.56. The van der Waals surface area contributed by atoms with Crippen LogP contribution in [0.4, 0.5) is 13.2 Å². The summed E-state index contributed by atoms with van der Waals surface area (Å²) in [6.45, 7) is 0.977. The summed E-state index contributed by atoms with van der Waals surface area (Å²) >= 11 is 5.80. The number of halogens is 4. The van der Waals surface area contributed by atoms with Crippen LogP contribution in [0.1, 0.15) is 40.2 Å². The van der Waals surface area contributed by atoms with Gasteiger partial charge in [0.15, 0.2) is 0 Å². The van der Waals surface area contributed by atoms with E-state index in [9.17, 15) is 14.3 Å². The minimum atomic E-state index is -1.06. The molecule has 224 valence electrons. The summed E-state index contributed by atoms with van der Waals surface area (Å²) < 4.78 is 58.7. The van der Waals surface area contributed by atoms with Crippen molar-refractivity contribution in [1.82, 2.24) is 14.5 Å². The molecule has 0 amide bonds. The molecule has 2 aromatic heterocycles. The Morgan fingerprint density at radius 3 is 2.57 bits per heavy atom. The van der Waals surface area contributed by atoms with Crippen LogP contribution < -0.4 is 4.74 Å². The van der Waals surface area contributed by atoms with Gasteiger partial charge >= 0.3 is 5.97 Å². The summed E-state index contributed by atoms with van der Waals surface area (Å²) in [4.78, 5) is 20.8. The quantitative estimate of drug-likeness (QED) is 0.198. The Balaban J connectivity index is 1.19. The van der Waals surface area contributed by atoms with Crippen LogP contribution >= 0.6 is 11.6 Å². The van der Waals surface area contributed by atoms with Crippen LogP contribution in [0.25, 0.3) is 22.3 Å². The highest BCUT2D eigenvalue weighted by Gasteiger charge is 2.51. The average molecular weight is 620 g/mol. The predicted molar refractivity (Wildman–Crippen MR) is 156 cm³/mol. The minimum Gasteiger partial charge on any atom is -0.478 e. The van der Waals surface area contributed by atoms with Crippen LogP contribution in [-0.2, 0) is 23.3 Å². The number of fused-ring (bicyclic) bond motifs is 3. The van der Waals surface area contributed by atoms with E-state index >= 15 is 8.78 Å². The maximum Gasteiger partial charge on any atom is 0.335 e. The Hall–Kier alpha value is -4.41. The number of carboxylic acid groups (broad SMARTS) is 1. The smallest absolute Gasteiger partial charge is 0.335 e. The van der Waals surface area contributed by atoms with Crippen LogP contribution in [0.5, 0.6) is 5.88 Å². The fraction of sp³-hybridized carbons (Fsp3) is 0.242. The van der Waals surface area contributed by atoms with Crippen molar-refractivity contribution in [1.29, 1.82) is 0 Å². The molecule has 3 fully saturated rings. The molecule has 8 rings (SSSR count). The standard InChI is InChI=1S/C33H25ClF3N3O4/c34-22-6-4-20(24(35)11-22)16-44-31-3-1-2-27(39-31)23-12-25(36)21(8-26(23)37)10-30-38-28-7-5-19(32(41)42)9-29(28)40(30)33-13-18(14-33)15-43-17-33/h1-9,11-12,18H,10,13-17H2,(H,41,42). The van der Waals surface area contributed by atoms with Gasteiger partial charge in [-0.25, -0.2) is 27.9 Å². The molecule has 4 heterocycles. The molecule has 2 bridgehead atoms. The van der Waals surface area contributed by atoms with E-state index in [0.29, 0.717) is 36.0 Å². The number of ether oxygens (including phenoxy) is 2. The highest BCUT2D eigenvalue weighted by atomic mass is 35.5. The van der Waals surface area contributed by atoms with Crippen LogP contribution in [0.3, 0.4) is 0 Å². The molecule has 44 heavy (non-hydrogen) atoms. The summed E-state index contributed by atoms with van der Waals surface area (Å²) in [6.07, 6.45) is 1.66. The van der Waals surface area contributed by atoms with E-state index in [1.165, 1.54) is 24.3 Å². The maximum atomic E-state index is 15.6. The van der Waals surface area contributed by atoms with Gasteiger partial charge in [-0.05, 0) is 72.9 Å². The summed E-state index contributed by atoms with van der Waals surface area (Å²) in [5.41, 5.74) is 1.35. The van der Waals surface area contributed by atoms with Gasteiger partial charge < -0.3 is 19.1 Å². The highest BCUT2D eigenvalue weighted by Crippen LogP contribution is 2.50. The number of rotatable bonds is 8. The molecule has 0 atom stereocenters. The van der Waals surface area contributed by atoms with E-state index in [4.69, 9.17) is 26.1 Å². The van der Waals surface area contributed by atoms with Gasteiger partial charge in [-0.2, -0.15) is 0 Å². The number of carboxylic acids is 1. The Morgan fingerprint density at radius 2 is 1.82 bits per heavy atom. The zero-order valence-corrected chi connectivity index (χ0v) is 24.0. The van der Waals surface area contributed by atoms with Gasteiger partial charge in [-0.1, -0.05) is 23.7 Å².